The van der Waals surface area contributed by atoms with Crippen LogP contribution in [0, 0.1) is 0 Å². The molecule has 0 bridgehead atoms. The Kier molecular flexibility index (Phi) is 7.26. The van der Waals surface area contributed by atoms with Gasteiger partial charge in [-0.25, -0.2) is 0 Å². The molecule has 1 unspecified atom stereocenters. The molecular weight excluding hydrogens is 368 g/mol. The molecular formula is C23H30N2O4. The van der Waals surface area contributed by atoms with Gasteiger partial charge in [-0.15, -0.1) is 0 Å². The van der Waals surface area contributed by atoms with E-state index in [2.05, 4.69) is 31.4 Å². The predicted molar refractivity (Wildman–Crippen MR) is 114 cm³/mol. The minimum Gasteiger partial charge on any atom is -0.493 e. The van der Waals surface area contributed by atoms with Gasteiger partial charge in [0.05, 0.1) is 26.8 Å². The van der Waals surface area contributed by atoms with E-state index in [9.17, 15) is 9.59 Å². The molecule has 2 aromatic rings. The van der Waals surface area contributed by atoms with Gasteiger partial charge >= 0.3 is 0 Å². The van der Waals surface area contributed by atoms with Crippen LogP contribution in [0.25, 0.3) is 0 Å². The lowest BCUT2D eigenvalue weighted by Crippen LogP contribution is -2.38. The molecule has 0 aliphatic heterocycles. The van der Waals surface area contributed by atoms with Gasteiger partial charge in [0.25, 0.3) is 5.91 Å². The molecule has 0 saturated heterocycles. The minimum atomic E-state index is -0.278. The van der Waals surface area contributed by atoms with Crippen molar-refractivity contribution < 1.29 is 19.1 Å². The van der Waals surface area contributed by atoms with Crippen LogP contribution in [-0.4, -0.2) is 32.6 Å². The molecule has 1 atom stereocenters. The fourth-order valence-corrected chi connectivity index (χ4v) is 2.88. The Morgan fingerprint density at radius 2 is 1.59 bits per heavy atom. The quantitative estimate of drug-likeness (QED) is 0.747. The third kappa shape index (κ3) is 5.98. The van der Waals surface area contributed by atoms with E-state index in [1.54, 1.807) is 32.4 Å². The van der Waals surface area contributed by atoms with Crippen LogP contribution in [0.3, 0.4) is 0 Å². The number of ether oxygens (including phenoxy) is 2. The topological polar surface area (TPSA) is 76.7 Å². The van der Waals surface area contributed by atoms with E-state index in [4.69, 9.17) is 9.47 Å². The van der Waals surface area contributed by atoms with Crippen molar-refractivity contribution in [1.29, 1.82) is 0 Å². The predicted octanol–water partition coefficient (Wildman–Crippen LogP) is 3.61. The van der Waals surface area contributed by atoms with E-state index in [1.807, 2.05) is 31.2 Å². The van der Waals surface area contributed by atoms with Crippen LogP contribution in [0.15, 0.2) is 42.5 Å². The second-order valence-electron chi connectivity index (χ2n) is 7.91. The first kappa shape index (κ1) is 22.3. The highest BCUT2D eigenvalue weighted by atomic mass is 16.5. The molecule has 0 radical (unpaired) electrons. The molecule has 2 N–H and O–H groups in total. The second kappa shape index (κ2) is 9.45. The van der Waals surface area contributed by atoms with Crippen molar-refractivity contribution in [1.82, 2.24) is 10.6 Å². The number of methoxy groups -OCH3 is 2. The maximum absolute atomic E-state index is 12.3. The zero-order valence-electron chi connectivity index (χ0n) is 18.0. The smallest absolute Gasteiger partial charge is 0.251 e. The van der Waals surface area contributed by atoms with Crippen molar-refractivity contribution >= 4 is 11.8 Å². The summed E-state index contributed by atoms with van der Waals surface area (Å²) in [6, 6.07) is 12.7. The number of amides is 2. The SMILES string of the molecule is COc1ccc(C(C)NC(=O)CNC(=O)c2ccc(C(C)(C)C)cc2)cc1OC. The van der Waals surface area contributed by atoms with Gasteiger partial charge in [-0.05, 0) is 47.7 Å². The van der Waals surface area contributed by atoms with Gasteiger partial charge < -0.3 is 20.1 Å². The monoisotopic (exact) mass is 398 g/mol. The minimum absolute atomic E-state index is 0.0230. The van der Waals surface area contributed by atoms with Crippen molar-refractivity contribution in [2.75, 3.05) is 20.8 Å². The van der Waals surface area contributed by atoms with E-state index in [-0.39, 0.29) is 29.8 Å². The Labute approximate surface area is 172 Å². The summed E-state index contributed by atoms with van der Waals surface area (Å²) >= 11 is 0. The maximum Gasteiger partial charge on any atom is 0.251 e. The van der Waals surface area contributed by atoms with E-state index in [1.165, 1.54) is 0 Å². The Bertz CT molecular complexity index is 854. The van der Waals surface area contributed by atoms with Crippen LogP contribution in [0.4, 0.5) is 0 Å². The van der Waals surface area contributed by atoms with Crippen LogP contribution >= 0.6 is 0 Å². The lowest BCUT2D eigenvalue weighted by Gasteiger charge is -2.19. The summed E-state index contributed by atoms with van der Waals surface area (Å²) in [5.41, 5.74) is 2.57. The molecule has 0 aromatic heterocycles. The zero-order chi connectivity index (χ0) is 21.6. The summed E-state index contributed by atoms with van der Waals surface area (Å²) in [4.78, 5) is 24.5. The third-order valence-corrected chi connectivity index (χ3v) is 4.71. The lowest BCUT2D eigenvalue weighted by molar-refractivity contribution is -0.120. The molecule has 2 rings (SSSR count). The molecule has 6 nitrogen and oxygen atoms in total. The number of hydrogen-bond donors (Lipinski definition) is 2. The summed E-state index contributed by atoms with van der Waals surface area (Å²) in [6.07, 6.45) is 0. The number of rotatable bonds is 7. The average Bonchev–Trinajstić information content (AvgIpc) is 2.70. The van der Waals surface area contributed by atoms with E-state index < -0.39 is 0 Å². The van der Waals surface area contributed by atoms with Gasteiger partial charge in [0.15, 0.2) is 11.5 Å². The fourth-order valence-electron chi connectivity index (χ4n) is 2.88. The number of carbonyl (C=O) groups is 2. The first-order chi connectivity index (χ1) is 13.7. The Morgan fingerprint density at radius 1 is 0.966 bits per heavy atom. The van der Waals surface area contributed by atoms with Crippen molar-refractivity contribution in [3.63, 3.8) is 0 Å². The van der Waals surface area contributed by atoms with Gasteiger partial charge in [-0.1, -0.05) is 39.0 Å². The maximum atomic E-state index is 12.3. The molecule has 0 spiro atoms. The van der Waals surface area contributed by atoms with Crippen LogP contribution in [0.5, 0.6) is 11.5 Å². The molecule has 0 fully saturated rings. The fraction of sp³-hybridized carbons (Fsp3) is 0.391. The lowest BCUT2D eigenvalue weighted by atomic mass is 9.87. The average molecular weight is 399 g/mol. The van der Waals surface area contributed by atoms with Crippen molar-refractivity contribution in [2.24, 2.45) is 0 Å². The molecule has 0 saturated carbocycles. The van der Waals surface area contributed by atoms with Gasteiger partial charge in [-0.2, -0.15) is 0 Å². The number of benzene rings is 2. The normalized spacial score (nSPS) is 12.1. The van der Waals surface area contributed by atoms with Crippen molar-refractivity contribution in [2.45, 2.75) is 39.2 Å². The summed E-state index contributed by atoms with van der Waals surface area (Å²) in [6.45, 7) is 8.12. The molecule has 0 aliphatic rings. The van der Waals surface area contributed by atoms with Crippen LogP contribution in [0.1, 0.15) is 55.2 Å². The van der Waals surface area contributed by atoms with E-state index in [0.717, 1.165) is 11.1 Å². The number of carbonyl (C=O) groups excluding carboxylic acids is 2. The molecule has 6 heteroatoms. The standard InChI is InChI=1S/C23H30N2O4/c1-15(17-9-12-19(28-5)20(13-17)29-6)25-21(26)14-24-22(27)16-7-10-18(11-8-16)23(2,3)4/h7-13,15H,14H2,1-6H3,(H,24,27)(H,25,26). The molecule has 156 valence electrons. The molecule has 0 aliphatic carbocycles. The van der Waals surface area contributed by atoms with Gasteiger partial charge in [0, 0.05) is 5.56 Å². The van der Waals surface area contributed by atoms with Gasteiger partial charge in [-0.3, -0.25) is 9.59 Å². The van der Waals surface area contributed by atoms with Crippen LogP contribution in [-0.2, 0) is 10.2 Å². The number of nitrogens with one attached hydrogen (secondary N) is 2. The van der Waals surface area contributed by atoms with Gasteiger partial charge in [0.1, 0.15) is 0 Å². The second-order valence-corrected chi connectivity index (χ2v) is 7.91. The highest BCUT2D eigenvalue weighted by Gasteiger charge is 2.16. The summed E-state index contributed by atoms with van der Waals surface area (Å²) < 4.78 is 10.5. The van der Waals surface area contributed by atoms with Crippen molar-refractivity contribution in [3.05, 3.63) is 59.2 Å². The van der Waals surface area contributed by atoms with E-state index in [0.29, 0.717) is 17.1 Å². The Balaban J connectivity index is 1.91. The Morgan fingerprint density at radius 3 is 2.14 bits per heavy atom. The Hall–Kier alpha value is -3.02. The highest BCUT2D eigenvalue weighted by molar-refractivity contribution is 5.96. The van der Waals surface area contributed by atoms with Crippen LogP contribution in [0.2, 0.25) is 0 Å². The third-order valence-electron chi connectivity index (χ3n) is 4.71. The van der Waals surface area contributed by atoms with Crippen LogP contribution < -0.4 is 20.1 Å². The van der Waals surface area contributed by atoms with E-state index >= 15 is 0 Å². The molecule has 29 heavy (non-hydrogen) atoms. The highest BCUT2D eigenvalue weighted by Crippen LogP contribution is 2.29. The molecule has 0 heterocycles. The summed E-state index contributed by atoms with van der Waals surface area (Å²) in [7, 11) is 3.14. The zero-order valence-corrected chi connectivity index (χ0v) is 18.0. The summed E-state index contributed by atoms with van der Waals surface area (Å²) in [5.74, 6) is 0.670. The first-order valence-electron chi connectivity index (χ1n) is 9.55. The summed E-state index contributed by atoms with van der Waals surface area (Å²) in [5, 5.41) is 5.53. The number of hydrogen-bond acceptors (Lipinski definition) is 4. The first-order valence-corrected chi connectivity index (χ1v) is 9.55. The molecule has 2 amide bonds. The van der Waals surface area contributed by atoms with Crippen molar-refractivity contribution in [3.8, 4) is 11.5 Å². The molecule has 2 aromatic carbocycles. The van der Waals surface area contributed by atoms with Gasteiger partial charge in [0.2, 0.25) is 5.91 Å². The largest absolute Gasteiger partial charge is 0.493 e.